The first-order chi connectivity index (χ1) is 23.4. The summed E-state index contributed by atoms with van der Waals surface area (Å²) in [6.07, 6.45) is 7.98. The summed E-state index contributed by atoms with van der Waals surface area (Å²) in [4.78, 5) is 28.9. The average molecular weight is 652 g/mol. The van der Waals surface area contributed by atoms with Crippen molar-refractivity contribution >= 4 is 39.6 Å². The van der Waals surface area contributed by atoms with Crippen LogP contribution in [0.15, 0.2) is 43.6 Å². The van der Waals surface area contributed by atoms with Crippen molar-refractivity contribution in [2.75, 3.05) is 77.1 Å². The van der Waals surface area contributed by atoms with E-state index in [1.165, 1.54) is 6.08 Å². The van der Waals surface area contributed by atoms with Crippen LogP contribution in [0, 0.1) is 12.3 Å². The molecule has 3 saturated heterocycles. The number of aromatic nitrogens is 4. The fourth-order valence-electron chi connectivity index (χ4n) is 7.52. The van der Waals surface area contributed by atoms with Crippen molar-refractivity contribution in [1.29, 1.82) is 0 Å². The zero-order chi connectivity index (χ0) is 33.3. The molecular formula is C37H45N7O4. The number of fused-ring (bicyclic) bond motifs is 2. The normalized spacial score (nSPS) is 17.9. The van der Waals surface area contributed by atoms with Gasteiger partial charge in [-0.25, -0.2) is 0 Å². The van der Waals surface area contributed by atoms with Gasteiger partial charge in [-0.2, -0.15) is 15.1 Å². The molecule has 2 aromatic heterocycles. The number of amides is 1. The van der Waals surface area contributed by atoms with E-state index in [4.69, 9.17) is 24.2 Å². The minimum Gasteiger partial charge on any atom is -0.491 e. The van der Waals surface area contributed by atoms with E-state index in [2.05, 4.69) is 58.3 Å². The van der Waals surface area contributed by atoms with Crippen molar-refractivity contribution in [2.45, 2.75) is 33.1 Å². The molecular weight excluding hydrogens is 606 g/mol. The van der Waals surface area contributed by atoms with Gasteiger partial charge in [-0.1, -0.05) is 25.3 Å². The van der Waals surface area contributed by atoms with Gasteiger partial charge in [0.2, 0.25) is 5.91 Å². The van der Waals surface area contributed by atoms with E-state index in [0.29, 0.717) is 25.0 Å². The first kappa shape index (κ1) is 32.1. The molecule has 1 amide bonds. The minimum atomic E-state index is 0.0119. The Bertz CT molecular complexity index is 1830. The molecule has 0 saturated carbocycles. The summed E-state index contributed by atoms with van der Waals surface area (Å²) in [5.41, 5.74) is 5.84. The Morgan fingerprint density at radius 1 is 1.06 bits per heavy atom. The minimum absolute atomic E-state index is 0.0119. The van der Waals surface area contributed by atoms with Gasteiger partial charge in [0.1, 0.15) is 11.3 Å². The summed E-state index contributed by atoms with van der Waals surface area (Å²) in [5, 5.41) is 9.39. The Labute approximate surface area is 281 Å². The monoisotopic (exact) mass is 651 g/mol. The molecule has 5 heterocycles. The van der Waals surface area contributed by atoms with Crippen molar-refractivity contribution in [3.05, 3.63) is 54.8 Å². The quantitative estimate of drug-likeness (QED) is 0.172. The van der Waals surface area contributed by atoms with Gasteiger partial charge in [0.15, 0.2) is 5.75 Å². The van der Waals surface area contributed by atoms with Gasteiger partial charge in [0.25, 0.3) is 0 Å². The average Bonchev–Trinajstić information content (AvgIpc) is 3.58. The van der Waals surface area contributed by atoms with Crippen LogP contribution in [0.5, 0.6) is 11.8 Å². The zero-order valence-corrected chi connectivity index (χ0v) is 28.1. The number of aryl methyl sites for hydroxylation is 1. The topological polar surface area (TPSA) is 109 Å². The number of rotatable bonds is 11. The number of morpholine rings is 1. The highest BCUT2D eigenvalue weighted by atomic mass is 16.5. The van der Waals surface area contributed by atoms with Gasteiger partial charge in [-0.05, 0) is 68.0 Å². The molecule has 0 radical (unpaired) electrons. The van der Waals surface area contributed by atoms with Crippen molar-refractivity contribution < 1.29 is 19.0 Å². The predicted molar refractivity (Wildman–Crippen MR) is 189 cm³/mol. The highest BCUT2D eigenvalue weighted by Crippen LogP contribution is 2.47. The number of piperidine rings is 1. The third kappa shape index (κ3) is 6.01. The second kappa shape index (κ2) is 13.6. The maximum absolute atomic E-state index is 12.2. The third-order valence-electron chi connectivity index (χ3n) is 10.1. The Hall–Kier alpha value is -4.48. The number of ether oxygens (including phenoxy) is 3. The summed E-state index contributed by atoms with van der Waals surface area (Å²) in [7, 11) is 0. The van der Waals surface area contributed by atoms with E-state index < -0.39 is 0 Å². The summed E-state index contributed by atoms with van der Waals surface area (Å²) in [6, 6.07) is 6.65. The molecule has 0 atom stereocenters. The number of aromatic amines is 1. The second-order valence-corrected chi connectivity index (χ2v) is 13.2. The molecule has 1 N–H and O–H groups in total. The molecule has 3 aliphatic heterocycles. The smallest absolute Gasteiger partial charge is 0.319 e. The first-order valence-corrected chi connectivity index (χ1v) is 17.1. The van der Waals surface area contributed by atoms with Gasteiger partial charge in [-0.15, -0.1) is 0 Å². The van der Waals surface area contributed by atoms with Crippen LogP contribution in [0.1, 0.15) is 37.3 Å². The fraction of sp³-hybridized carbons (Fsp3) is 0.459. The van der Waals surface area contributed by atoms with Crippen LogP contribution in [-0.2, 0) is 9.53 Å². The van der Waals surface area contributed by atoms with Crippen LogP contribution in [0.4, 0.5) is 5.82 Å². The molecule has 2 aromatic carbocycles. The number of H-pyrrole nitrogens is 1. The Morgan fingerprint density at radius 2 is 1.85 bits per heavy atom. The molecule has 11 nitrogen and oxygen atoms in total. The molecule has 7 rings (SSSR count). The summed E-state index contributed by atoms with van der Waals surface area (Å²) < 4.78 is 18.4. The predicted octanol–water partition coefficient (Wildman–Crippen LogP) is 5.24. The lowest BCUT2D eigenvalue weighted by atomic mass is 9.72. The van der Waals surface area contributed by atoms with E-state index in [0.717, 1.165) is 128 Å². The number of anilines is 1. The molecule has 0 aliphatic carbocycles. The van der Waals surface area contributed by atoms with Crippen molar-refractivity contribution in [1.82, 2.24) is 30.0 Å². The van der Waals surface area contributed by atoms with Gasteiger partial charge in [0, 0.05) is 67.6 Å². The Morgan fingerprint density at radius 3 is 2.58 bits per heavy atom. The SMILES string of the molecule is C=CC(=O)N1CC2(CCN(c3nc(OCCCN4CCOCC4)nc4c(OCC)c(-c5c(C)ccc6[nH]ncc56)c(C=C)cc34)CC2)C1. The number of hydrogen-bond donors (Lipinski definition) is 1. The van der Waals surface area contributed by atoms with Gasteiger partial charge in [0.05, 0.1) is 38.1 Å². The molecule has 3 aliphatic rings. The summed E-state index contributed by atoms with van der Waals surface area (Å²) in [6.45, 7) is 20.6. The van der Waals surface area contributed by atoms with Crippen molar-refractivity contribution in [3.8, 4) is 22.9 Å². The number of benzene rings is 2. The largest absolute Gasteiger partial charge is 0.491 e. The third-order valence-corrected chi connectivity index (χ3v) is 10.1. The number of nitrogens with zero attached hydrogens (tertiary/aromatic N) is 6. The molecule has 3 fully saturated rings. The molecule has 48 heavy (non-hydrogen) atoms. The van der Waals surface area contributed by atoms with Crippen LogP contribution in [0.25, 0.3) is 39.0 Å². The standard InChI is InChI=1S/C37H45N7O4/c1-5-26-21-27-33(34(47-7-3)32(26)31-25(4)9-10-29-28(31)22-38-41-29)39-36(48-18-8-13-42-16-19-46-20-17-42)40-35(27)43-14-11-37(12-15-43)23-44(24-37)30(45)6-2/h5-6,9-10,21-22H,1-2,7-8,11-20,23-24H2,3-4H3,(H,38,41). The van der Waals surface area contributed by atoms with Crippen molar-refractivity contribution in [3.63, 3.8) is 0 Å². The summed E-state index contributed by atoms with van der Waals surface area (Å²) in [5.74, 6) is 1.54. The number of nitrogens with one attached hydrogen (secondary N) is 1. The van der Waals surface area contributed by atoms with Crippen LogP contribution >= 0.6 is 0 Å². The number of carbonyl (C=O) groups is 1. The van der Waals surface area contributed by atoms with Crippen LogP contribution in [-0.4, -0.2) is 108 Å². The van der Waals surface area contributed by atoms with Crippen LogP contribution < -0.4 is 14.4 Å². The second-order valence-electron chi connectivity index (χ2n) is 13.2. The highest BCUT2D eigenvalue weighted by Gasteiger charge is 2.46. The number of hydrogen-bond acceptors (Lipinski definition) is 9. The van der Waals surface area contributed by atoms with Crippen LogP contribution in [0.3, 0.4) is 0 Å². The molecule has 11 heteroatoms. The Kier molecular flexibility index (Phi) is 9.07. The van der Waals surface area contributed by atoms with Crippen molar-refractivity contribution in [2.24, 2.45) is 5.41 Å². The molecule has 4 aromatic rings. The van der Waals surface area contributed by atoms with E-state index in [1.54, 1.807) is 0 Å². The number of carbonyl (C=O) groups excluding carboxylic acids is 1. The maximum atomic E-state index is 12.2. The van der Waals surface area contributed by atoms with E-state index in [1.807, 2.05) is 24.1 Å². The van der Waals surface area contributed by atoms with Gasteiger partial charge in [-0.3, -0.25) is 14.8 Å². The number of likely N-dealkylation sites (tertiary alicyclic amines) is 1. The van der Waals surface area contributed by atoms with E-state index in [-0.39, 0.29) is 11.3 Å². The fourth-order valence-corrected chi connectivity index (χ4v) is 7.52. The lowest BCUT2D eigenvalue weighted by molar-refractivity contribution is -0.139. The molecule has 252 valence electrons. The van der Waals surface area contributed by atoms with Gasteiger partial charge >= 0.3 is 6.01 Å². The Balaban J connectivity index is 1.28. The lowest BCUT2D eigenvalue weighted by Crippen LogP contribution is -2.61. The summed E-state index contributed by atoms with van der Waals surface area (Å²) >= 11 is 0. The molecule has 1 spiro atoms. The molecule has 0 unspecified atom stereocenters. The highest BCUT2D eigenvalue weighted by molar-refractivity contribution is 6.07. The van der Waals surface area contributed by atoms with E-state index in [9.17, 15) is 4.79 Å². The van der Waals surface area contributed by atoms with E-state index >= 15 is 0 Å². The van der Waals surface area contributed by atoms with Gasteiger partial charge < -0.3 is 24.0 Å². The molecule has 0 bridgehead atoms. The first-order valence-electron chi connectivity index (χ1n) is 17.1. The zero-order valence-electron chi connectivity index (χ0n) is 28.1. The lowest BCUT2D eigenvalue weighted by Gasteiger charge is -2.54. The maximum Gasteiger partial charge on any atom is 0.319 e. The van der Waals surface area contributed by atoms with Crippen LogP contribution in [0.2, 0.25) is 0 Å².